The number of hydrogen-bond acceptors (Lipinski definition) is 5. The van der Waals surface area contributed by atoms with E-state index in [2.05, 4.69) is 4.98 Å². The molecule has 0 radical (unpaired) electrons. The minimum absolute atomic E-state index is 0.149. The van der Waals surface area contributed by atoms with E-state index in [9.17, 15) is 4.79 Å². The zero-order chi connectivity index (χ0) is 13.9. The second-order valence-electron chi connectivity index (χ2n) is 4.37. The van der Waals surface area contributed by atoms with Crippen LogP contribution in [0.2, 0.25) is 5.02 Å². The van der Waals surface area contributed by atoms with Crippen LogP contribution in [0.1, 0.15) is 0 Å². The minimum Gasteiger partial charge on any atom is -0.378 e. The molecule has 2 heterocycles. The van der Waals surface area contributed by atoms with Crippen molar-refractivity contribution in [1.29, 1.82) is 0 Å². The van der Waals surface area contributed by atoms with Gasteiger partial charge in [0.1, 0.15) is 0 Å². The van der Waals surface area contributed by atoms with Gasteiger partial charge >= 0.3 is 0 Å². The highest BCUT2D eigenvalue weighted by Crippen LogP contribution is 2.31. The Morgan fingerprint density at radius 3 is 3.05 bits per heavy atom. The van der Waals surface area contributed by atoms with E-state index in [0.29, 0.717) is 37.1 Å². The number of hydrogen-bond donors (Lipinski definition) is 0. The van der Waals surface area contributed by atoms with Crippen LogP contribution in [-0.2, 0) is 9.53 Å². The van der Waals surface area contributed by atoms with Crippen molar-refractivity contribution >= 4 is 50.8 Å². The monoisotopic (exact) mass is 328 g/mol. The Bertz CT molecular complexity index is 626. The number of carbonyl (C=O) groups is 1. The summed E-state index contributed by atoms with van der Waals surface area (Å²) in [5, 5.41) is 0.684. The number of benzene rings is 1. The Labute approximate surface area is 130 Å². The van der Waals surface area contributed by atoms with Crippen molar-refractivity contribution in [3.8, 4) is 0 Å². The molecule has 0 atom stereocenters. The van der Waals surface area contributed by atoms with Crippen LogP contribution >= 0.6 is 34.7 Å². The summed E-state index contributed by atoms with van der Waals surface area (Å²) in [6.45, 7) is 2.65. The molecule has 1 fully saturated rings. The average molecular weight is 329 g/mol. The summed E-state index contributed by atoms with van der Waals surface area (Å²) in [7, 11) is 0. The van der Waals surface area contributed by atoms with Crippen molar-refractivity contribution < 1.29 is 9.53 Å². The summed E-state index contributed by atoms with van der Waals surface area (Å²) >= 11 is 9.02. The summed E-state index contributed by atoms with van der Waals surface area (Å²) in [6.07, 6.45) is 0. The molecule has 0 bridgehead atoms. The first-order chi connectivity index (χ1) is 9.72. The maximum Gasteiger partial charge on any atom is 0.233 e. The van der Waals surface area contributed by atoms with E-state index in [1.165, 1.54) is 11.8 Å². The molecule has 0 unspecified atom stereocenters. The Morgan fingerprint density at radius 1 is 1.45 bits per heavy atom. The molecule has 1 aliphatic rings. The topological polar surface area (TPSA) is 42.4 Å². The molecule has 1 aromatic heterocycles. The maximum absolute atomic E-state index is 12.0. The van der Waals surface area contributed by atoms with E-state index in [-0.39, 0.29) is 5.91 Å². The summed E-state index contributed by atoms with van der Waals surface area (Å²) in [5.74, 6) is 0.573. The Kier molecular flexibility index (Phi) is 4.45. The molecule has 20 heavy (non-hydrogen) atoms. The molecule has 1 saturated heterocycles. The molecular weight excluding hydrogens is 316 g/mol. The number of ether oxygens (including phenoxy) is 1. The average Bonchev–Trinajstić information content (AvgIpc) is 2.87. The highest BCUT2D eigenvalue weighted by molar-refractivity contribution is 8.01. The molecule has 106 valence electrons. The second-order valence-corrected chi connectivity index (χ2v) is 7.06. The van der Waals surface area contributed by atoms with Gasteiger partial charge in [-0.1, -0.05) is 23.4 Å². The van der Waals surface area contributed by atoms with Gasteiger partial charge in [0.25, 0.3) is 0 Å². The van der Waals surface area contributed by atoms with Gasteiger partial charge in [0.15, 0.2) is 4.34 Å². The molecule has 4 nitrogen and oxygen atoms in total. The van der Waals surface area contributed by atoms with Crippen LogP contribution in [0, 0.1) is 0 Å². The number of rotatable bonds is 3. The second kappa shape index (κ2) is 6.30. The smallest absolute Gasteiger partial charge is 0.233 e. The van der Waals surface area contributed by atoms with Crippen molar-refractivity contribution in [3.05, 3.63) is 23.2 Å². The molecule has 0 aliphatic carbocycles. The van der Waals surface area contributed by atoms with E-state index in [4.69, 9.17) is 16.3 Å². The van der Waals surface area contributed by atoms with E-state index in [1.807, 2.05) is 23.1 Å². The number of thiazole rings is 1. The summed E-state index contributed by atoms with van der Waals surface area (Å²) in [4.78, 5) is 18.4. The largest absolute Gasteiger partial charge is 0.378 e. The van der Waals surface area contributed by atoms with Crippen LogP contribution in [0.15, 0.2) is 22.5 Å². The third-order valence-corrected chi connectivity index (χ3v) is 5.41. The van der Waals surface area contributed by atoms with Crippen molar-refractivity contribution in [2.45, 2.75) is 4.34 Å². The van der Waals surface area contributed by atoms with Gasteiger partial charge in [-0.05, 0) is 18.2 Å². The summed E-state index contributed by atoms with van der Waals surface area (Å²) < 4.78 is 7.24. The van der Waals surface area contributed by atoms with Gasteiger partial charge in [-0.2, -0.15) is 0 Å². The van der Waals surface area contributed by atoms with Crippen LogP contribution in [0.4, 0.5) is 0 Å². The van der Waals surface area contributed by atoms with Crippen LogP contribution in [-0.4, -0.2) is 47.8 Å². The van der Waals surface area contributed by atoms with Crippen molar-refractivity contribution in [2.75, 3.05) is 32.1 Å². The predicted octanol–water partition coefficient (Wildman–Crippen LogP) is 2.90. The van der Waals surface area contributed by atoms with E-state index >= 15 is 0 Å². The van der Waals surface area contributed by atoms with Gasteiger partial charge in [-0.3, -0.25) is 4.79 Å². The lowest BCUT2D eigenvalue weighted by atomic mass is 10.3. The number of halogens is 1. The quantitative estimate of drug-likeness (QED) is 0.812. The first-order valence-electron chi connectivity index (χ1n) is 6.27. The van der Waals surface area contributed by atoms with E-state index in [0.717, 1.165) is 14.6 Å². The first kappa shape index (κ1) is 14.1. The zero-order valence-corrected chi connectivity index (χ0v) is 13.1. The van der Waals surface area contributed by atoms with Gasteiger partial charge in [0.05, 0.1) is 29.2 Å². The van der Waals surface area contributed by atoms with Gasteiger partial charge in [-0.15, -0.1) is 11.3 Å². The standard InChI is InChI=1S/C13H13ClN2O2S2/c14-9-1-2-11-10(7-9)15-13(20-11)19-8-12(17)16-3-5-18-6-4-16/h1-2,7H,3-6,8H2. The summed E-state index contributed by atoms with van der Waals surface area (Å²) in [6, 6.07) is 5.67. The van der Waals surface area contributed by atoms with Gasteiger partial charge in [-0.25, -0.2) is 4.98 Å². The number of nitrogens with zero attached hydrogens (tertiary/aromatic N) is 2. The molecule has 0 saturated carbocycles. The van der Waals surface area contributed by atoms with Crippen LogP contribution < -0.4 is 0 Å². The highest BCUT2D eigenvalue weighted by atomic mass is 35.5. The SMILES string of the molecule is O=C(CSc1nc2cc(Cl)ccc2s1)N1CCOCC1. The van der Waals surface area contributed by atoms with Crippen LogP contribution in [0.25, 0.3) is 10.2 Å². The van der Waals surface area contributed by atoms with Crippen molar-refractivity contribution in [3.63, 3.8) is 0 Å². The fourth-order valence-corrected chi connectivity index (χ4v) is 4.09. The minimum atomic E-state index is 0.149. The number of morpholine rings is 1. The predicted molar refractivity (Wildman–Crippen MR) is 82.8 cm³/mol. The van der Waals surface area contributed by atoms with Crippen molar-refractivity contribution in [1.82, 2.24) is 9.88 Å². The zero-order valence-electron chi connectivity index (χ0n) is 10.7. The fourth-order valence-electron chi connectivity index (χ4n) is 1.97. The Hall–Kier alpha value is -0.820. The third-order valence-electron chi connectivity index (χ3n) is 3.01. The third kappa shape index (κ3) is 3.25. The molecule has 0 N–H and O–H groups in total. The lowest BCUT2D eigenvalue weighted by Crippen LogP contribution is -2.41. The lowest BCUT2D eigenvalue weighted by Gasteiger charge is -2.26. The molecule has 3 rings (SSSR count). The number of amides is 1. The Morgan fingerprint density at radius 2 is 2.25 bits per heavy atom. The molecule has 1 amide bonds. The van der Waals surface area contributed by atoms with Crippen molar-refractivity contribution in [2.24, 2.45) is 0 Å². The number of fused-ring (bicyclic) bond motifs is 1. The maximum atomic E-state index is 12.0. The molecule has 1 aromatic carbocycles. The first-order valence-corrected chi connectivity index (χ1v) is 8.45. The van der Waals surface area contributed by atoms with E-state index in [1.54, 1.807) is 11.3 Å². The normalized spacial score (nSPS) is 15.8. The van der Waals surface area contributed by atoms with Gasteiger partial charge in [0, 0.05) is 18.1 Å². The number of thioether (sulfide) groups is 1. The molecule has 1 aliphatic heterocycles. The molecule has 7 heteroatoms. The fraction of sp³-hybridized carbons (Fsp3) is 0.385. The van der Waals surface area contributed by atoms with Gasteiger partial charge in [0.2, 0.25) is 5.91 Å². The lowest BCUT2D eigenvalue weighted by molar-refractivity contribution is -0.132. The van der Waals surface area contributed by atoms with Crippen LogP contribution in [0.3, 0.4) is 0 Å². The molecule has 0 spiro atoms. The highest BCUT2D eigenvalue weighted by Gasteiger charge is 2.17. The van der Waals surface area contributed by atoms with E-state index < -0.39 is 0 Å². The van der Waals surface area contributed by atoms with Gasteiger partial charge < -0.3 is 9.64 Å². The Balaban J connectivity index is 1.63. The summed E-state index contributed by atoms with van der Waals surface area (Å²) in [5.41, 5.74) is 0.892. The number of carbonyl (C=O) groups excluding carboxylic acids is 1. The molecular formula is C13H13ClN2O2S2. The van der Waals surface area contributed by atoms with Crippen LogP contribution in [0.5, 0.6) is 0 Å². The molecule has 2 aromatic rings. The number of aromatic nitrogens is 1.